The first kappa shape index (κ1) is 14.9. The van der Waals surface area contributed by atoms with Crippen LogP contribution in [0.4, 0.5) is 0 Å². The molecular formula is C5H13ClNO4P-2. The van der Waals surface area contributed by atoms with Crippen LogP contribution in [0.5, 0.6) is 0 Å². The van der Waals surface area contributed by atoms with Crippen molar-refractivity contribution in [3.63, 3.8) is 0 Å². The summed E-state index contributed by atoms with van der Waals surface area (Å²) in [6.45, 7) is 0.447. The molecule has 12 heavy (non-hydrogen) atoms. The monoisotopic (exact) mass is 217 g/mol. The average molecular weight is 218 g/mol. The Labute approximate surface area is 78.6 Å². The van der Waals surface area contributed by atoms with E-state index in [0.29, 0.717) is 11.0 Å². The highest BCUT2D eigenvalue weighted by atomic mass is 35.5. The summed E-state index contributed by atoms with van der Waals surface area (Å²) in [6.07, 6.45) is 0. The molecule has 0 aliphatic rings. The van der Waals surface area contributed by atoms with Gasteiger partial charge in [-0.05, 0) is 0 Å². The lowest BCUT2D eigenvalue weighted by Gasteiger charge is -2.31. The van der Waals surface area contributed by atoms with Crippen LogP contribution in [0, 0.1) is 0 Å². The Bertz CT molecular complexity index is 163. The van der Waals surface area contributed by atoms with E-state index in [4.69, 9.17) is 0 Å². The van der Waals surface area contributed by atoms with Crippen molar-refractivity contribution in [3.05, 3.63) is 0 Å². The molecule has 0 fully saturated rings. The molecule has 0 saturated carbocycles. The maximum atomic E-state index is 9.96. The van der Waals surface area contributed by atoms with Gasteiger partial charge in [-0.2, -0.15) is 0 Å². The van der Waals surface area contributed by atoms with Crippen molar-refractivity contribution < 1.29 is 35.8 Å². The van der Waals surface area contributed by atoms with Crippen molar-refractivity contribution in [1.82, 2.24) is 0 Å². The predicted octanol–water partition coefficient (Wildman–Crippen LogP) is -4.46. The van der Waals surface area contributed by atoms with Crippen LogP contribution in [0.2, 0.25) is 0 Å². The van der Waals surface area contributed by atoms with E-state index < -0.39 is 7.82 Å². The van der Waals surface area contributed by atoms with Crippen molar-refractivity contribution in [3.8, 4) is 0 Å². The van der Waals surface area contributed by atoms with E-state index in [0.717, 1.165) is 0 Å². The summed E-state index contributed by atoms with van der Waals surface area (Å²) in [6, 6.07) is 0. The van der Waals surface area contributed by atoms with Gasteiger partial charge in [0, 0.05) is 0 Å². The fraction of sp³-hybridized carbons (Fsp3) is 1.00. The van der Waals surface area contributed by atoms with Crippen molar-refractivity contribution in [2.24, 2.45) is 0 Å². The van der Waals surface area contributed by atoms with Gasteiger partial charge < -0.3 is 35.8 Å². The third kappa shape index (κ3) is 13.0. The largest absolute Gasteiger partial charge is 1.00 e. The van der Waals surface area contributed by atoms with E-state index in [1.54, 1.807) is 0 Å². The number of hydrogen-bond donors (Lipinski definition) is 0. The number of nitrogens with zero attached hydrogens (tertiary/aromatic N) is 1. The smallest absolute Gasteiger partial charge is 0.102 e. The number of phosphoric ester groups is 1. The zero-order valence-electron chi connectivity index (χ0n) is 7.32. The number of halogens is 1. The number of likely N-dealkylation sites (N-methyl/N-ethyl adjacent to an activating group) is 1. The van der Waals surface area contributed by atoms with E-state index in [1.807, 2.05) is 21.1 Å². The third-order valence-electron chi connectivity index (χ3n) is 1.01. The van der Waals surface area contributed by atoms with Crippen LogP contribution >= 0.6 is 7.82 Å². The summed E-state index contributed by atoms with van der Waals surface area (Å²) in [4.78, 5) is 19.9. The van der Waals surface area contributed by atoms with Crippen LogP contribution in [0.3, 0.4) is 0 Å². The topological polar surface area (TPSA) is 72.4 Å². The van der Waals surface area contributed by atoms with Crippen LogP contribution in [0.25, 0.3) is 0 Å². The third-order valence-corrected chi connectivity index (χ3v) is 1.51. The quantitative estimate of drug-likeness (QED) is 0.352. The molecule has 7 heteroatoms. The van der Waals surface area contributed by atoms with E-state index in [9.17, 15) is 14.4 Å². The minimum absolute atomic E-state index is 0. The molecule has 0 radical (unpaired) electrons. The zero-order chi connectivity index (χ0) is 9.12. The summed E-state index contributed by atoms with van der Waals surface area (Å²) in [5, 5.41) is 0. The van der Waals surface area contributed by atoms with Crippen LogP contribution in [-0.2, 0) is 9.09 Å². The second-order valence-electron chi connectivity index (χ2n) is 3.29. The molecule has 0 bridgehead atoms. The zero-order valence-corrected chi connectivity index (χ0v) is 8.97. The lowest BCUT2D eigenvalue weighted by Crippen LogP contribution is -3.00. The van der Waals surface area contributed by atoms with Gasteiger partial charge in [0.15, 0.2) is 0 Å². The molecule has 76 valence electrons. The fourth-order valence-corrected chi connectivity index (χ4v) is 0.732. The van der Waals surface area contributed by atoms with Gasteiger partial charge in [-0.1, -0.05) is 0 Å². The molecule has 0 aromatic heterocycles. The molecule has 0 aromatic carbocycles. The van der Waals surface area contributed by atoms with Gasteiger partial charge in [-0.25, -0.2) is 0 Å². The molecule has 0 amide bonds. The van der Waals surface area contributed by atoms with E-state index in [1.165, 1.54) is 0 Å². The highest BCUT2D eigenvalue weighted by molar-refractivity contribution is 7.43. The molecule has 0 aromatic rings. The Morgan fingerprint density at radius 3 is 2.00 bits per heavy atom. The SMILES string of the molecule is C[N+](C)(C)CCOP(=O)([O-])[O-].[Cl-]. The molecular weight excluding hydrogens is 204 g/mol. The highest BCUT2D eigenvalue weighted by Crippen LogP contribution is 2.23. The van der Waals surface area contributed by atoms with Gasteiger partial charge in [0.2, 0.25) is 0 Å². The minimum atomic E-state index is -4.76. The average Bonchev–Trinajstić information content (AvgIpc) is 1.55. The first-order valence-electron chi connectivity index (χ1n) is 3.18. The van der Waals surface area contributed by atoms with Crippen molar-refractivity contribution >= 4 is 7.82 Å². The molecule has 0 unspecified atom stereocenters. The summed E-state index contributed by atoms with van der Waals surface area (Å²) in [5.41, 5.74) is 0. The van der Waals surface area contributed by atoms with Gasteiger partial charge in [0.05, 0.1) is 29.0 Å². The standard InChI is InChI=1S/C5H14NO4P.ClH/c1-6(2,3)4-5-10-11(7,8)9;/h4-5H2,1-3H3,(H-,7,8,9);1H/p-2. The molecule has 0 aliphatic heterocycles. The first-order chi connectivity index (χ1) is 4.71. The Morgan fingerprint density at radius 1 is 1.33 bits per heavy atom. The van der Waals surface area contributed by atoms with Crippen LogP contribution in [0.15, 0.2) is 0 Å². The second kappa shape index (κ2) is 5.17. The van der Waals surface area contributed by atoms with E-state index in [2.05, 4.69) is 4.52 Å². The van der Waals surface area contributed by atoms with Gasteiger partial charge in [0.1, 0.15) is 13.2 Å². The fourth-order valence-electron chi connectivity index (χ4n) is 0.426. The molecule has 0 heterocycles. The molecule has 5 nitrogen and oxygen atoms in total. The molecule has 0 atom stereocenters. The highest BCUT2D eigenvalue weighted by Gasteiger charge is 2.05. The Morgan fingerprint density at radius 2 is 1.75 bits per heavy atom. The van der Waals surface area contributed by atoms with Crippen LogP contribution in [0.1, 0.15) is 0 Å². The second-order valence-corrected chi connectivity index (χ2v) is 4.45. The number of hydrogen-bond acceptors (Lipinski definition) is 4. The van der Waals surface area contributed by atoms with Gasteiger partial charge in [-0.15, -0.1) is 0 Å². The molecule has 0 N–H and O–H groups in total. The maximum absolute atomic E-state index is 9.96. The summed E-state index contributed by atoms with van der Waals surface area (Å²) in [5.74, 6) is 0. The van der Waals surface area contributed by atoms with E-state index in [-0.39, 0.29) is 19.0 Å². The van der Waals surface area contributed by atoms with Gasteiger partial charge >= 0.3 is 0 Å². The lowest BCUT2D eigenvalue weighted by molar-refractivity contribution is -0.870. The lowest BCUT2D eigenvalue weighted by atomic mass is 10.5. The number of rotatable bonds is 4. The normalized spacial score (nSPS) is 12.4. The van der Waals surface area contributed by atoms with Crippen LogP contribution < -0.4 is 22.2 Å². The molecule has 0 rings (SSSR count). The Hall–Kier alpha value is 0.360. The van der Waals surface area contributed by atoms with Crippen molar-refractivity contribution in [1.29, 1.82) is 0 Å². The van der Waals surface area contributed by atoms with Crippen molar-refractivity contribution in [2.45, 2.75) is 0 Å². The first-order valence-corrected chi connectivity index (χ1v) is 4.64. The maximum Gasteiger partial charge on any atom is 0.102 e. The minimum Gasteiger partial charge on any atom is -1.00 e. The Kier molecular flexibility index (Phi) is 6.40. The van der Waals surface area contributed by atoms with Gasteiger partial charge in [0.25, 0.3) is 0 Å². The molecule has 0 aliphatic carbocycles. The van der Waals surface area contributed by atoms with Crippen LogP contribution in [-0.4, -0.2) is 38.8 Å². The van der Waals surface area contributed by atoms with Gasteiger partial charge in [-0.3, -0.25) is 0 Å². The number of phosphoric acid groups is 1. The predicted molar refractivity (Wildman–Crippen MR) is 36.5 cm³/mol. The molecule has 0 spiro atoms. The summed E-state index contributed by atoms with van der Waals surface area (Å²) < 4.78 is 14.6. The number of quaternary nitrogens is 1. The summed E-state index contributed by atoms with van der Waals surface area (Å²) in [7, 11) is 0.875. The molecule has 0 saturated heterocycles. The van der Waals surface area contributed by atoms with E-state index >= 15 is 0 Å². The summed E-state index contributed by atoms with van der Waals surface area (Å²) >= 11 is 0. The van der Waals surface area contributed by atoms with Crippen molar-refractivity contribution in [2.75, 3.05) is 34.3 Å². The Balaban J connectivity index is 0.